The molecule has 3 saturated heterocycles. The molecule has 0 aliphatic carbocycles. The van der Waals surface area contributed by atoms with Crippen LogP contribution in [-0.2, 0) is 19.8 Å². The summed E-state index contributed by atoms with van der Waals surface area (Å²) in [5.74, 6) is 0.955. The van der Waals surface area contributed by atoms with Gasteiger partial charge in [0.25, 0.3) is 5.88 Å². The molecule has 3 aliphatic rings. The van der Waals surface area contributed by atoms with Crippen LogP contribution in [0.15, 0.2) is 36.8 Å². The molecule has 3 aromatic rings. The van der Waals surface area contributed by atoms with Crippen molar-refractivity contribution in [2.24, 2.45) is 0 Å². The van der Waals surface area contributed by atoms with E-state index in [4.69, 9.17) is 29.7 Å². The molecule has 0 radical (unpaired) electrons. The van der Waals surface area contributed by atoms with Gasteiger partial charge in [-0.05, 0) is 56.7 Å². The van der Waals surface area contributed by atoms with Crippen LogP contribution in [0.2, 0.25) is 0 Å². The first-order valence-corrected chi connectivity index (χ1v) is 13.7. The van der Waals surface area contributed by atoms with Crippen LogP contribution in [0.5, 0.6) is 11.6 Å². The lowest BCUT2D eigenvalue weighted by Gasteiger charge is -2.40. The minimum atomic E-state index is -1.06. The van der Waals surface area contributed by atoms with E-state index in [2.05, 4.69) is 26.9 Å². The lowest BCUT2D eigenvalue weighted by molar-refractivity contribution is -0.184. The molecule has 3 fully saturated rings. The highest BCUT2D eigenvalue weighted by atomic mass is 16.5. The standard InChI is InChI=1S/C28H37N7O5/c1-33-5-3-21(4-6-33)35-14-24(12-31-35)40-27-26(29)30-13-25(32-27)19-9-20(28(36)17-39-18-28)11-22(10-19)34-7-8-38-16-23(34)15-37-2/h9-14,21,23,36H,3-8,15-18H2,1-2H3,(H2,29,30). The Hall–Kier alpha value is -3.29. The molecule has 0 saturated carbocycles. The molecule has 40 heavy (non-hydrogen) atoms. The van der Waals surface area contributed by atoms with Gasteiger partial charge in [0.05, 0.1) is 69.4 Å². The van der Waals surface area contributed by atoms with Crippen molar-refractivity contribution in [2.75, 3.05) is 77.5 Å². The van der Waals surface area contributed by atoms with Crippen LogP contribution in [0.4, 0.5) is 11.5 Å². The lowest BCUT2D eigenvalue weighted by Crippen LogP contribution is -2.49. The molecule has 12 nitrogen and oxygen atoms in total. The molecule has 214 valence electrons. The SMILES string of the molecule is COCC1COCCN1c1cc(-c2cnc(N)c(Oc3cnn(C4CCN(C)CC4)c3)n2)cc(C2(O)COC2)c1. The second-order valence-corrected chi connectivity index (χ2v) is 10.9. The second-order valence-electron chi connectivity index (χ2n) is 10.9. The van der Waals surface area contributed by atoms with E-state index in [-0.39, 0.29) is 31.0 Å². The zero-order valence-electron chi connectivity index (χ0n) is 23.0. The van der Waals surface area contributed by atoms with Gasteiger partial charge >= 0.3 is 0 Å². The summed E-state index contributed by atoms with van der Waals surface area (Å²) in [7, 11) is 3.83. The molecular formula is C28H37N7O5. The van der Waals surface area contributed by atoms with Gasteiger partial charge in [-0.2, -0.15) is 5.10 Å². The molecule has 5 heterocycles. The topological polar surface area (TPSA) is 133 Å². The highest BCUT2D eigenvalue weighted by molar-refractivity contribution is 5.69. The van der Waals surface area contributed by atoms with Crippen molar-refractivity contribution >= 4 is 11.5 Å². The average molecular weight is 552 g/mol. The third-order valence-corrected chi connectivity index (χ3v) is 7.97. The van der Waals surface area contributed by atoms with Gasteiger partial charge in [0.1, 0.15) is 5.60 Å². The van der Waals surface area contributed by atoms with E-state index < -0.39 is 5.60 Å². The first-order chi connectivity index (χ1) is 19.4. The van der Waals surface area contributed by atoms with Crippen molar-refractivity contribution in [3.05, 3.63) is 42.4 Å². The third-order valence-electron chi connectivity index (χ3n) is 7.97. The van der Waals surface area contributed by atoms with Gasteiger partial charge in [-0.15, -0.1) is 0 Å². The first kappa shape index (κ1) is 26.9. The van der Waals surface area contributed by atoms with E-state index in [1.807, 2.05) is 29.1 Å². The smallest absolute Gasteiger partial charge is 0.263 e. The van der Waals surface area contributed by atoms with Gasteiger partial charge < -0.3 is 39.6 Å². The number of hydrogen-bond donors (Lipinski definition) is 2. The number of benzene rings is 1. The molecule has 0 amide bonds. The molecule has 0 spiro atoms. The van der Waals surface area contributed by atoms with E-state index in [0.717, 1.165) is 42.7 Å². The van der Waals surface area contributed by atoms with Crippen LogP contribution in [0.25, 0.3) is 11.3 Å². The summed E-state index contributed by atoms with van der Waals surface area (Å²) in [6.07, 6.45) is 7.29. The van der Waals surface area contributed by atoms with Crippen LogP contribution < -0.4 is 15.4 Å². The Morgan fingerprint density at radius 3 is 2.70 bits per heavy atom. The molecular weight excluding hydrogens is 514 g/mol. The summed E-state index contributed by atoms with van der Waals surface area (Å²) in [5.41, 5.74) is 8.19. The zero-order valence-corrected chi connectivity index (χ0v) is 23.0. The van der Waals surface area contributed by atoms with Crippen molar-refractivity contribution in [1.29, 1.82) is 0 Å². The Balaban J connectivity index is 1.30. The fourth-order valence-corrected chi connectivity index (χ4v) is 5.52. The summed E-state index contributed by atoms with van der Waals surface area (Å²) in [6.45, 7) is 4.96. The Bertz CT molecular complexity index is 1320. The first-order valence-electron chi connectivity index (χ1n) is 13.7. The molecule has 1 atom stereocenters. The van der Waals surface area contributed by atoms with E-state index in [0.29, 0.717) is 43.9 Å². The molecule has 0 bridgehead atoms. The Morgan fingerprint density at radius 1 is 1.12 bits per heavy atom. The van der Waals surface area contributed by atoms with Crippen LogP contribution >= 0.6 is 0 Å². The number of morpholine rings is 1. The quantitative estimate of drug-likeness (QED) is 0.426. The number of rotatable bonds is 8. The van der Waals surface area contributed by atoms with Crippen LogP contribution in [0.1, 0.15) is 24.4 Å². The van der Waals surface area contributed by atoms with Crippen molar-refractivity contribution in [3.63, 3.8) is 0 Å². The molecule has 3 aliphatic heterocycles. The number of nitrogens with two attached hydrogens (primary N) is 1. The molecule has 3 N–H and O–H groups in total. The minimum Gasteiger partial charge on any atom is -0.433 e. The Kier molecular flexibility index (Phi) is 7.60. The number of nitrogens with zero attached hydrogens (tertiary/aromatic N) is 6. The van der Waals surface area contributed by atoms with Crippen LogP contribution in [0, 0.1) is 0 Å². The number of nitrogen functional groups attached to an aromatic ring is 1. The molecule has 12 heteroatoms. The maximum Gasteiger partial charge on any atom is 0.263 e. The number of anilines is 2. The summed E-state index contributed by atoms with van der Waals surface area (Å²) < 4.78 is 24.6. The fourth-order valence-electron chi connectivity index (χ4n) is 5.52. The van der Waals surface area contributed by atoms with E-state index in [9.17, 15) is 5.11 Å². The molecule has 1 unspecified atom stereocenters. The van der Waals surface area contributed by atoms with Crippen molar-refractivity contribution in [2.45, 2.75) is 30.5 Å². The predicted octanol–water partition coefficient (Wildman–Crippen LogP) is 2.05. The number of piperidine rings is 1. The van der Waals surface area contributed by atoms with E-state index >= 15 is 0 Å². The molecule has 6 rings (SSSR count). The van der Waals surface area contributed by atoms with E-state index in [1.54, 1.807) is 19.5 Å². The lowest BCUT2D eigenvalue weighted by atomic mass is 9.89. The third kappa shape index (κ3) is 5.50. The van der Waals surface area contributed by atoms with Gasteiger partial charge in [0, 0.05) is 24.9 Å². The van der Waals surface area contributed by atoms with Gasteiger partial charge in [0.15, 0.2) is 11.6 Å². The Labute approximate surface area is 233 Å². The zero-order chi connectivity index (χ0) is 27.7. The summed E-state index contributed by atoms with van der Waals surface area (Å²) in [6, 6.07) is 6.38. The number of aliphatic hydroxyl groups is 1. The van der Waals surface area contributed by atoms with Crippen molar-refractivity contribution in [1.82, 2.24) is 24.6 Å². The van der Waals surface area contributed by atoms with Crippen molar-refractivity contribution < 1.29 is 24.1 Å². The molecule has 2 aromatic heterocycles. The highest BCUT2D eigenvalue weighted by Crippen LogP contribution is 2.37. The maximum absolute atomic E-state index is 11.2. The molecule has 1 aromatic carbocycles. The van der Waals surface area contributed by atoms with Crippen LogP contribution in [0.3, 0.4) is 0 Å². The monoisotopic (exact) mass is 551 g/mol. The number of ether oxygens (including phenoxy) is 4. The van der Waals surface area contributed by atoms with Gasteiger partial charge in [-0.1, -0.05) is 0 Å². The second kappa shape index (κ2) is 11.3. The van der Waals surface area contributed by atoms with Gasteiger partial charge in [-0.3, -0.25) is 4.68 Å². The predicted molar refractivity (Wildman–Crippen MR) is 148 cm³/mol. The van der Waals surface area contributed by atoms with Crippen molar-refractivity contribution in [3.8, 4) is 22.9 Å². The number of likely N-dealkylation sites (tertiary alicyclic amines) is 1. The largest absolute Gasteiger partial charge is 0.433 e. The van der Waals surface area contributed by atoms with E-state index in [1.165, 1.54) is 0 Å². The number of methoxy groups -OCH3 is 1. The average Bonchev–Trinajstić information content (AvgIpc) is 3.42. The normalized spacial score (nSPS) is 21.8. The van der Waals surface area contributed by atoms with Gasteiger partial charge in [0.2, 0.25) is 0 Å². The maximum atomic E-state index is 11.2. The fraction of sp³-hybridized carbons (Fsp3) is 0.536. The highest BCUT2D eigenvalue weighted by Gasteiger charge is 2.39. The number of aromatic nitrogens is 4. The van der Waals surface area contributed by atoms with Crippen LogP contribution in [-0.4, -0.2) is 103 Å². The summed E-state index contributed by atoms with van der Waals surface area (Å²) >= 11 is 0. The number of hydrogen-bond acceptors (Lipinski definition) is 11. The minimum absolute atomic E-state index is 0.0478. The Morgan fingerprint density at radius 2 is 1.95 bits per heavy atom. The van der Waals surface area contributed by atoms with Gasteiger partial charge in [-0.25, -0.2) is 9.97 Å². The summed E-state index contributed by atoms with van der Waals surface area (Å²) in [4.78, 5) is 13.7. The summed E-state index contributed by atoms with van der Waals surface area (Å²) in [5, 5.41) is 15.7.